The molecule has 1 heterocycles. The van der Waals surface area contributed by atoms with Gasteiger partial charge in [-0.2, -0.15) is 0 Å². The van der Waals surface area contributed by atoms with E-state index < -0.39 is 5.54 Å². The van der Waals surface area contributed by atoms with Crippen LogP contribution in [0.4, 0.5) is 0 Å². The normalized spacial score (nSPS) is 11.7. The second-order valence-electron chi connectivity index (χ2n) is 4.36. The molecule has 0 bridgehead atoms. The Bertz CT molecular complexity index is 336. The van der Waals surface area contributed by atoms with Crippen LogP contribution in [-0.4, -0.2) is 20.9 Å². The molecule has 0 saturated heterocycles. The maximum absolute atomic E-state index is 11.7. The zero-order chi connectivity index (χ0) is 11.5. The molecule has 4 nitrogen and oxygen atoms in total. The minimum atomic E-state index is -0.775. The second-order valence-corrected chi connectivity index (χ2v) is 4.36. The van der Waals surface area contributed by atoms with E-state index in [2.05, 4.69) is 11.9 Å². The highest BCUT2D eigenvalue weighted by Gasteiger charge is 2.23. The Morgan fingerprint density at radius 2 is 2.27 bits per heavy atom. The smallest absolute Gasteiger partial charge is 0.159 e. The van der Waals surface area contributed by atoms with Gasteiger partial charge in [-0.3, -0.25) is 4.79 Å². The van der Waals surface area contributed by atoms with Gasteiger partial charge in [-0.05, 0) is 20.3 Å². The van der Waals surface area contributed by atoms with Crippen molar-refractivity contribution in [2.75, 3.05) is 0 Å². The number of nitrogens with two attached hydrogens (primary N) is 1. The van der Waals surface area contributed by atoms with Gasteiger partial charge in [0.2, 0.25) is 0 Å². The van der Waals surface area contributed by atoms with E-state index in [1.807, 2.05) is 10.8 Å². The van der Waals surface area contributed by atoms with E-state index in [0.717, 1.165) is 18.8 Å². The van der Waals surface area contributed by atoms with Crippen molar-refractivity contribution in [3.05, 3.63) is 18.2 Å². The van der Waals surface area contributed by atoms with E-state index in [1.54, 1.807) is 20.0 Å². The number of hydrogen-bond donors (Lipinski definition) is 1. The van der Waals surface area contributed by atoms with Gasteiger partial charge >= 0.3 is 0 Å². The molecule has 2 N–H and O–H groups in total. The number of nitrogens with zero attached hydrogens (tertiary/aromatic N) is 2. The van der Waals surface area contributed by atoms with Crippen LogP contribution >= 0.6 is 0 Å². The predicted octanol–water partition coefficient (Wildman–Crippen LogP) is 1.14. The minimum Gasteiger partial charge on any atom is -0.335 e. The molecule has 4 heteroatoms. The molecule has 0 unspecified atom stereocenters. The summed E-state index contributed by atoms with van der Waals surface area (Å²) in [5.74, 6) is 0.825. The van der Waals surface area contributed by atoms with Gasteiger partial charge in [0, 0.05) is 18.9 Å². The Hall–Kier alpha value is -1.16. The summed E-state index contributed by atoms with van der Waals surface area (Å²) in [6, 6.07) is 0. The van der Waals surface area contributed by atoms with E-state index in [9.17, 15) is 4.79 Å². The molecule has 0 aliphatic heterocycles. The standard InChI is InChI=1S/C11H19N3O/c1-4-6-14-7-5-13-10(14)8-9(15)11(2,3)12/h5,7H,4,6,8,12H2,1-3H3. The van der Waals surface area contributed by atoms with E-state index in [4.69, 9.17) is 5.73 Å². The summed E-state index contributed by atoms with van der Waals surface area (Å²) in [7, 11) is 0. The molecular weight excluding hydrogens is 190 g/mol. The number of rotatable bonds is 5. The highest BCUT2D eigenvalue weighted by atomic mass is 16.1. The summed E-state index contributed by atoms with van der Waals surface area (Å²) < 4.78 is 2.00. The Labute approximate surface area is 90.5 Å². The number of hydrogen-bond acceptors (Lipinski definition) is 3. The van der Waals surface area contributed by atoms with E-state index in [1.165, 1.54) is 0 Å². The Kier molecular flexibility index (Phi) is 3.63. The first-order valence-corrected chi connectivity index (χ1v) is 5.27. The molecule has 0 aromatic carbocycles. The second kappa shape index (κ2) is 4.57. The van der Waals surface area contributed by atoms with Crippen molar-refractivity contribution < 1.29 is 4.79 Å². The van der Waals surface area contributed by atoms with Crippen LogP contribution in [0.1, 0.15) is 33.0 Å². The lowest BCUT2D eigenvalue weighted by molar-refractivity contribution is -0.122. The van der Waals surface area contributed by atoms with Crippen LogP contribution in [-0.2, 0) is 17.8 Å². The van der Waals surface area contributed by atoms with Gasteiger partial charge in [-0.15, -0.1) is 0 Å². The van der Waals surface area contributed by atoms with Crippen LogP contribution < -0.4 is 5.73 Å². The fourth-order valence-corrected chi connectivity index (χ4v) is 1.32. The first-order chi connectivity index (χ1) is 6.95. The minimum absolute atomic E-state index is 0.0195. The fraction of sp³-hybridized carbons (Fsp3) is 0.636. The van der Waals surface area contributed by atoms with E-state index in [0.29, 0.717) is 6.42 Å². The Balaban J connectivity index is 2.72. The number of aryl methyl sites for hydroxylation is 1. The molecule has 1 aromatic rings. The van der Waals surface area contributed by atoms with Gasteiger partial charge in [0.25, 0.3) is 0 Å². The van der Waals surface area contributed by atoms with Crippen LogP contribution in [0.15, 0.2) is 12.4 Å². The number of imidazole rings is 1. The maximum Gasteiger partial charge on any atom is 0.159 e. The third kappa shape index (κ3) is 3.16. The lowest BCUT2D eigenvalue weighted by atomic mass is 9.98. The number of aromatic nitrogens is 2. The SMILES string of the molecule is CCCn1ccnc1CC(=O)C(C)(C)N. The summed E-state index contributed by atoms with van der Waals surface area (Å²) in [6.07, 6.45) is 4.97. The van der Waals surface area contributed by atoms with Crippen LogP contribution in [0.3, 0.4) is 0 Å². The number of carbonyl (C=O) groups excluding carboxylic acids is 1. The molecule has 0 fully saturated rings. The lowest BCUT2D eigenvalue weighted by Crippen LogP contribution is -2.42. The van der Waals surface area contributed by atoms with Gasteiger partial charge in [0.15, 0.2) is 5.78 Å². The van der Waals surface area contributed by atoms with Crippen molar-refractivity contribution in [1.29, 1.82) is 0 Å². The summed E-state index contributed by atoms with van der Waals surface area (Å²) in [5.41, 5.74) is 4.96. The summed E-state index contributed by atoms with van der Waals surface area (Å²) in [5, 5.41) is 0. The first-order valence-electron chi connectivity index (χ1n) is 5.27. The number of carbonyl (C=O) groups is 1. The molecule has 1 aromatic heterocycles. The highest BCUT2D eigenvalue weighted by Crippen LogP contribution is 2.07. The Morgan fingerprint density at radius 3 is 2.80 bits per heavy atom. The van der Waals surface area contributed by atoms with Crippen molar-refractivity contribution >= 4 is 5.78 Å². The Morgan fingerprint density at radius 1 is 1.60 bits per heavy atom. The van der Waals surface area contributed by atoms with Crippen molar-refractivity contribution in [2.24, 2.45) is 5.73 Å². The average molecular weight is 209 g/mol. The largest absolute Gasteiger partial charge is 0.335 e. The predicted molar refractivity (Wildman–Crippen MR) is 59.5 cm³/mol. The van der Waals surface area contributed by atoms with Crippen LogP contribution in [0.5, 0.6) is 0 Å². The van der Waals surface area contributed by atoms with E-state index in [-0.39, 0.29) is 5.78 Å². The molecule has 0 atom stereocenters. The molecule has 15 heavy (non-hydrogen) atoms. The van der Waals surface area contributed by atoms with Gasteiger partial charge in [0.1, 0.15) is 5.82 Å². The molecular formula is C11H19N3O. The monoisotopic (exact) mass is 209 g/mol. The third-order valence-electron chi connectivity index (χ3n) is 2.30. The van der Waals surface area contributed by atoms with Crippen LogP contribution in [0.2, 0.25) is 0 Å². The zero-order valence-corrected chi connectivity index (χ0v) is 9.66. The summed E-state index contributed by atoms with van der Waals surface area (Å²) in [6.45, 7) is 6.44. The zero-order valence-electron chi connectivity index (χ0n) is 9.66. The molecule has 84 valence electrons. The van der Waals surface area contributed by atoms with Crippen molar-refractivity contribution in [2.45, 2.75) is 45.7 Å². The number of Topliss-reactive ketones (excluding diaryl/α,β-unsaturated/α-hetero) is 1. The molecule has 0 aliphatic carbocycles. The first kappa shape index (κ1) is 11.9. The molecule has 1 rings (SSSR count). The van der Waals surface area contributed by atoms with Crippen molar-refractivity contribution in [3.8, 4) is 0 Å². The van der Waals surface area contributed by atoms with Gasteiger partial charge in [-0.25, -0.2) is 4.98 Å². The quantitative estimate of drug-likeness (QED) is 0.791. The fourth-order valence-electron chi connectivity index (χ4n) is 1.32. The van der Waals surface area contributed by atoms with Gasteiger partial charge < -0.3 is 10.3 Å². The number of ketones is 1. The molecule has 0 aliphatic rings. The molecule has 0 saturated carbocycles. The van der Waals surface area contributed by atoms with Crippen molar-refractivity contribution in [1.82, 2.24) is 9.55 Å². The molecule has 0 radical (unpaired) electrons. The lowest BCUT2D eigenvalue weighted by Gasteiger charge is -2.16. The summed E-state index contributed by atoms with van der Waals surface area (Å²) >= 11 is 0. The maximum atomic E-state index is 11.7. The van der Waals surface area contributed by atoms with Gasteiger partial charge in [-0.1, -0.05) is 6.92 Å². The third-order valence-corrected chi connectivity index (χ3v) is 2.30. The van der Waals surface area contributed by atoms with Crippen LogP contribution in [0, 0.1) is 0 Å². The average Bonchev–Trinajstić information content (AvgIpc) is 2.52. The topological polar surface area (TPSA) is 60.9 Å². The highest BCUT2D eigenvalue weighted by molar-refractivity contribution is 5.88. The van der Waals surface area contributed by atoms with E-state index >= 15 is 0 Å². The molecule has 0 amide bonds. The van der Waals surface area contributed by atoms with Gasteiger partial charge in [0.05, 0.1) is 12.0 Å². The van der Waals surface area contributed by atoms with Crippen molar-refractivity contribution in [3.63, 3.8) is 0 Å². The van der Waals surface area contributed by atoms with Crippen LogP contribution in [0.25, 0.3) is 0 Å². The summed E-state index contributed by atoms with van der Waals surface area (Å²) in [4.78, 5) is 15.9. The molecule has 0 spiro atoms.